The summed E-state index contributed by atoms with van der Waals surface area (Å²) >= 11 is 0. The Bertz CT molecular complexity index is 163. The number of allylic oxidation sites excluding steroid dienone is 4. The van der Waals surface area contributed by atoms with Crippen molar-refractivity contribution in [2.75, 3.05) is 0 Å². The lowest BCUT2D eigenvalue weighted by atomic mass is 9.65. The predicted molar refractivity (Wildman–Crippen MR) is 41.4 cm³/mol. The van der Waals surface area contributed by atoms with Crippen LogP contribution in [-0.2, 0) is 0 Å². The van der Waals surface area contributed by atoms with Gasteiger partial charge in [-0.1, -0.05) is 31.2 Å². The van der Waals surface area contributed by atoms with Crippen molar-refractivity contribution in [1.82, 2.24) is 0 Å². The number of hydrogen-bond donors (Lipinski definition) is 2. The molecule has 0 aromatic heterocycles. The zero-order chi connectivity index (χ0) is 7.56. The van der Waals surface area contributed by atoms with E-state index in [1.807, 2.05) is 31.2 Å². The fourth-order valence-corrected chi connectivity index (χ4v) is 1.11. The van der Waals surface area contributed by atoms with Gasteiger partial charge in [0.05, 0.1) is 0 Å². The molecular weight excluding hydrogens is 127 g/mol. The summed E-state index contributed by atoms with van der Waals surface area (Å²) in [5.41, 5.74) is 0. The minimum absolute atomic E-state index is 0.134. The molecule has 0 aromatic carbocycles. The van der Waals surface area contributed by atoms with Crippen LogP contribution in [0.25, 0.3) is 0 Å². The fraction of sp³-hybridized carbons (Fsp3) is 0.429. The van der Waals surface area contributed by atoms with Crippen LogP contribution < -0.4 is 0 Å². The first kappa shape index (κ1) is 7.57. The van der Waals surface area contributed by atoms with Crippen molar-refractivity contribution in [2.24, 2.45) is 5.92 Å². The van der Waals surface area contributed by atoms with E-state index in [1.54, 1.807) is 0 Å². The molecule has 54 valence electrons. The topological polar surface area (TPSA) is 40.5 Å². The summed E-state index contributed by atoms with van der Waals surface area (Å²) in [7, 11) is -1.23. The van der Waals surface area contributed by atoms with Crippen molar-refractivity contribution in [1.29, 1.82) is 0 Å². The van der Waals surface area contributed by atoms with E-state index in [0.717, 1.165) is 0 Å². The van der Waals surface area contributed by atoms with Gasteiger partial charge in [-0.3, -0.25) is 0 Å². The van der Waals surface area contributed by atoms with Gasteiger partial charge in [0.25, 0.3) is 0 Å². The molecule has 0 amide bonds. The molecule has 10 heavy (non-hydrogen) atoms. The molecule has 0 saturated carbocycles. The Morgan fingerprint density at radius 3 is 2.20 bits per heavy atom. The SMILES string of the molecule is CC1C=CC=CC1B(O)O. The average molecular weight is 138 g/mol. The van der Waals surface area contributed by atoms with E-state index in [4.69, 9.17) is 10.0 Å². The molecule has 3 heteroatoms. The van der Waals surface area contributed by atoms with Crippen LogP contribution in [0, 0.1) is 5.92 Å². The van der Waals surface area contributed by atoms with E-state index < -0.39 is 7.12 Å². The van der Waals surface area contributed by atoms with Crippen LogP contribution in [-0.4, -0.2) is 17.2 Å². The van der Waals surface area contributed by atoms with Gasteiger partial charge in [-0.25, -0.2) is 0 Å². The monoisotopic (exact) mass is 138 g/mol. The standard InChI is InChI=1S/C7H11BO2/c1-6-4-2-3-5-7(6)8(9)10/h2-7,9-10H,1H3. The quantitative estimate of drug-likeness (QED) is 0.520. The Kier molecular flexibility index (Phi) is 2.30. The summed E-state index contributed by atoms with van der Waals surface area (Å²) in [5.74, 6) is 0.0926. The molecule has 0 saturated heterocycles. The predicted octanol–water partition coefficient (Wildman–Crippen LogP) is 0.591. The second-order valence-corrected chi connectivity index (χ2v) is 2.62. The highest BCUT2D eigenvalue weighted by molar-refractivity contribution is 6.44. The second kappa shape index (κ2) is 3.04. The van der Waals surface area contributed by atoms with Crippen LogP contribution in [0.5, 0.6) is 0 Å². The van der Waals surface area contributed by atoms with E-state index in [9.17, 15) is 0 Å². The maximum absolute atomic E-state index is 8.82. The lowest BCUT2D eigenvalue weighted by molar-refractivity contribution is 0.382. The molecule has 0 fully saturated rings. The molecular formula is C7H11BO2. The van der Waals surface area contributed by atoms with Gasteiger partial charge >= 0.3 is 7.12 Å². The highest BCUT2D eigenvalue weighted by Crippen LogP contribution is 2.25. The Hall–Kier alpha value is -0.535. The van der Waals surface area contributed by atoms with Crippen LogP contribution in [0.1, 0.15) is 6.92 Å². The minimum Gasteiger partial charge on any atom is -0.427 e. The summed E-state index contributed by atoms with van der Waals surface area (Å²) in [5, 5.41) is 17.6. The molecule has 0 spiro atoms. The molecule has 1 aliphatic carbocycles. The van der Waals surface area contributed by atoms with Gasteiger partial charge in [-0.15, -0.1) is 0 Å². The van der Waals surface area contributed by atoms with Crippen LogP contribution in [0.3, 0.4) is 0 Å². The Morgan fingerprint density at radius 1 is 1.20 bits per heavy atom. The molecule has 2 N–H and O–H groups in total. The zero-order valence-corrected chi connectivity index (χ0v) is 5.94. The van der Waals surface area contributed by atoms with Gasteiger partial charge < -0.3 is 10.0 Å². The normalized spacial score (nSPS) is 30.7. The summed E-state index contributed by atoms with van der Waals surface area (Å²) < 4.78 is 0. The second-order valence-electron chi connectivity index (χ2n) is 2.62. The first-order chi connectivity index (χ1) is 4.72. The smallest absolute Gasteiger partial charge is 0.427 e. The lowest BCUT2D eigenvalue weighted by Gasteiger charge is -2.18. The lowest BCUT2D eigenvalue weighted by Crippen LogP contribution is -2.24. The van der Waals surface area contributed by atoms with Gasteiger partial charge in [0.15, 0.2) is 0 Å². The molecule has 0 bridgehead atoms. The van der Waals surface area contributed by atoms with E-state index in [0.29, 0.717) is 0 Å². The fourth-order valence-electron chi connectivity index (χ4n) is 1.11. The highest BCUT2D eigenvalue weighted by atomic mass is 16.4. The zero-order valence-electron chi connectivity index (χ0n) is 5.94. The van der Waals surface area contributed by atoms with Crippen molar-refractivity contribution in [3.8, 4) is 0 Å². The van der Waals surface area contributed by atoms with Crippen LogP contribution >= 0.6 is 0 Å². The summed E-state index contributed by atoms with van der Waals surface area (Å²) in [6.07, 6.45) is 7.53. The maximum atomic E-state index is 8.82. The third-order valence-corrected chi connectivity index (χ3v) is 1.81. The van der Waals surface area contributed by atoms with Gasteiger partial charge in [-0.05, 0) is 5.92 Å². The molecule has 1 rings (SSSR count). The first-order valence-corrected chi connectivity index (χ1v) is 3.43. The average Bonchev–Trinajstić information content (AvgIpc) is 1.88. The molecule has 2 unspecified atom stereocenters. The third kappa shape index (κ3) is 1.49. The first-order valence-electron chi connectivity index (χ1n) is 3.43. The van der Waals surface area contributed by atoms with Crippen LogP contribution in [0.2, 0.25) is 5.82 Å². The number of rotatable bonds is 1. The molecule has 2 atom stereocenters. The summed E-state index contributed by atoms with van der Waals surface area (Å²) in [4.78, 5) is 0. The Labute approximate surface area is 61.0 Å². The Morgan fingerprint density at radius 2 is 1.80 bits per heavy atom. The summed E-state index contributed by atoms with van der Waals surface area (Å²) in [6, 6.07) is 0. The third-order valence-electron chi connectivity index (χ3n) is 1.81. The van der Waals surface area contributed by atoms with Gasteiger partial charge in [0, 0.05) is 5.82 Å². The van der Waals surface area contributed by atoms with Crippen LogP contribution in [0.15, 0.2) is 24.3 Å². The summed E-state index contributed by atoms with van der Waals surface area (Å²) in [6.45, 7) is 1.96. The largest absolute Gasteiger partial charge is 0.459 e. The van der Waals surface area contributed by atoms with Gasteiger partial charge in [0.2, 0.25) is 0 Å². The highest BCUT2D eigenvalue weighted by Gasteiger charge is 2.25. The number of hydrogen-bond acceptors (Lipinski definition) is 2. The van der Waals surface area contributed by atoms with Crippen LogP contribution in [0.4, 0.5) is 0 Å². The molecule has 0 aliphatic heterocycles. The van der Waals surface area contributed by atoms with Crippen molar-refractivity contribution >= 4 is 7.12 Å². The van der Waals surface area contributed by atoms with Crippen molar-refractivity contribution in [2.45, 2.75) is 12.7 Å². The van der Waals surface area contributed by atoms with E-state index >= 15 is 0 Å². The minimum atomic E-state index is -1.23. The van der Waals surface area contributed by atoms with Gasteiger partial charge in [0.1, 0.15) is 0 Å². The van der Waals surface area contributed by atoms with Crippen molar-refractivity contribution in [3.63, 3.8) is 0 Å². The molecule has 0 radical (unpaired) electrons. The van der Waals surface area contributed by atoms with E-state index in [-0.39, 0.29) is 11.7 Å². The van der Waals surface area contributed by atoms with Crippen molar-refractivity contribution < 1.29 is 10.0 Å². The molecule has 2 nitrogen and oxygen atoms in total. The van der Waals surface area contributed by atoms with E-state index in [2.05, 4.69) is 0 Å². The molecule has 0 heterocycles. The Balaban J connectivity index is 2.61. The van der Waals surface area contributed by atoms with E-state index in [1.165, 1.54) is 0 Å². The molecule has 1 aliphatic rings. The maximum Gasteiger partial charge on any atom is 0.459 e. The van der Waals surface area contributed by atoms with Gasteiger partial charge in [-0.2, -0.15) is 0 Å². The van der Waals surface area contributed by atoms with Crippen molar-refractivity contribution in [3.05, 3.63) is 24.3 Å². The molecule has 0 aromatic rings.